The summed E-state index contributed by atoms with van der Waals surface area (Å²) in [5, 5.41) is 0. The Morgan fingerprint density at radius 2 is 1.95 bits per heavy atom. The summed E-state index contributed by atoms with van der Waals surface area (Å²) in [4.78, 5) is 11.8. The fraction of sp³-hybridized carbons (Fsp3) is 0.611. The smallest absolute Gasteiger partial charge is 0.308 e. The second-order valence-corrected chi connectivity index (χ2v) is 5.80. The monoisotopic (exact) mass is 274 g/mol. The van der Waals surface area contributed by atoms with Gasteiger partial charge in [-0.3, -0.25) is 4.79 Å². The maximum atomic E-state index is 11.8. The molecule has 0 spiro atoms. The number of carbonyl (C=O) groups excluding carboxylic acids is 1. The first-order valence-corrected chi connectivity index (χ1v) is 8.00. The van der Waals surface area contributed by atoms with E-state index in [-0.39, 0.29) is 11.9 Å². The van der Waals surface area contributed by atoms with Crippen LogP contribution in [0.25, 0.3) is 0 Å². The van der Waals surface area contributed by atoms with Crippen LogP contribution in [0.5, 0.6) is 0 Å². The lowest BCUT2D eigenvalue weighted by molar-refractivity contribution is -0.147. The molecule has 0 radical (unpaired) electrons. The third-order valence-corrected chi connectivity index (χ3v) is 4.32. The molecule has 1 aromatic rings. The van der Waals surface area contributed by atoms with Gasteiger partial charge in [-0.1, -0.05) is 37.6 Å². The number of unbranched alkanes of at least 4 members (excludes halogenated alkanes) is 1. The van der Waals surface area contributed by atoms with Crippen LogP contribution in [0.4, 0.5) is 0 Å². The lowest BCUT2D eigenvalue weighted by atomic mass is 9.94. The summed E-state index contributed by atoms with van der Waals surface area (Å²) < 4.78 is 5.13. The molecular formula is C18H26O2. The zero-order valence-electron chi connectivity index (χ0n) is 12.7. The van der Waals surface area contributed by atoms with Crippen LogP contribution in [0.3, 0.4) is 0 Å². The van der Waals surface area contributed by atoms with Crippen molar-refractivity contribution in [2.45, 2.75) is 58.3 Å². The number of aryl methyl sites for hydroxylation is 1. The number of rotatable bonds is 6. The Morgan fingerprint density at radius 1 is 1.20 bits per heavy atom. The van der Waals surface area contributed by atoms with Crippen molar-refractivity contribution in [2.75, 3.05) is 6.61 Å². The molecule has 2 rings (SSSR count). The number of hydrogen-bond acceptors (Lipinski definition) is 2. The zero-order valence-corrected chi connectivity index (χ0v) is 12.7. The molecule has 0 N–H and O–H groups in total. The Labute approximate surface area is 122 Å². The van der Waals surface area contributed by atoms with Crippen LogP contribution in [0, 0.1) is 5.92 Å². The SMILES string of the molecule is CCCCc1ccc(C2CCC(C(=O)OCC)C2)cc1. The molecule has 1 aliphatic rings. The molecule has 110 valence electrons. The predicted molar refractivity (Wildman–Crippen MR) is 81.8 cm³/mol. The number of benzene rings is 1. The largest absolute Gasteiger partial charge is 0.466 e. The second kappa shape index (κ2) is 7.47. The highest BCUT2D eigenvalue weighted by Crippen LogP contribution is 2.38. The third kappa shape index (κ3) is 3.84. The van der Waals surface area contributed by atoms with Gasteiger partial charge in [0, 0.05) is 0 Å². The van der Waals surface area contributed by atoms with Crippen molar-refractivity contribution in [3.05, 3.63) is 35.4 Å². The van der Waals surface area contributed by atoms with Gasteiger partial charge in [0.1, 0.15) is 0 Å². The van der Waals surface area contributed by atoms with Gasteiger partial charge in [0.25, 0.3) is 0 Å². The van der Waals surface area contributed by atoms with Gasteiger partial charge < -0.3 is 4.74 Å². The first-order chi connectivity index (χ1) is 9.74. The standard InChI is InChI=1S/C18H26O2/c1-3-5-6-14-7-9-15(10-8-14)16-11-12-17(13-16)18(19)20-4-2/h7-10,16-17H,3-6,11-13H2,1-2H3. The van der Waals surface area contributed by atoms with E-state index in [2.05, 4.69) is 31.2 Å². The molecule has 2 atom stereocenters. The Balaban J connectivity index is 1.91. The minimum absolute atomic E-state index is 0.00503. The van der Waals surface area contributed by atoms with Gasteiger partial charge in [-0.05, 0) is 56.1 Å². The Bertz CT molecular complexity index is 422. The maximum absolute atomic E-state index is 11.8. The van der Waals surface area contributed by atoms with E-state index in [4.69, 9.17) is 4.74 Å². The Morgan fingerprint density at radius 3 is 2.60 bits per heavy atom. The van der Waals surface area contributed by atoms with E-state index in [1.54, 1.807) is 0 Å². The summed E-state index contributed by atoms with van der Waals surface area (Å²) in [5.74, 6) is 0.638. The highest BCUT2D eigenvalue weighted by molar-refractivity contribution is 5.73. The maximum Gasteiger partial charge on any atom is 0.308 e. The molecule has 0 aromatic heterocycles. The molecule has 1 aromatic carbocycles. The molecule has 2 nitrogen and oxygen atoms in total. The van der Waals surface area contributed by atoms with Crippen LogP contribution < -0.4 is 0 Å². The minimum Gasteiger partial charge on any atom is -0.466 e. The van der Waals surface area contributed by atoms with E-state index < -0.39 is 0 Å². The van der Waals surface area contributed by atoms with Crippen LogP contribution in [-0.4, -0.2) is 12.6 Å². The van der Waals surface area contributed by atoms with E-state index in [9.17, 15) is 4.79 Å². The van der Waals surface area contributed by atoms with E-state index >= 15 is 0 Å². The molecule has 0 saturated heterocycles. The van der Waals surface area contributed by atoms with Crippen LogP contribution in [-0.2, 0) is 16.0 Å². The van der Waals surface area contributed by atoms with Crippen molar-refractivity contribution in [1.82, 2.24) is 0 Å². The first-order valence-electron chi connectivity index (χ1n) is 8.00. The molecule has 20 heavy (non-hydrogen) atoms. The topological polar surface area (TPSA) is 26.3 Å². The molecular weight excluding hydrogens is 248 g/mol. The van der Waals surface area contributed by atoms with Crippen molar-refractivity contribution >= 4 is 5.97 Å². The van der Waals surface area contributed by atoms with Crippen molar-refractivity contribution in [2.24, 2.45) is 5.92 Å². The number of ether oxygens (including phenoxy) is 1. The molecule has 2 unspecified atom stereocenters. The number of esters is 1. The van der Waals surface area contributed by atoms with E-state index in [1.165, 1.54) is 30.4 Å². The van der Waals surface area contributed by atoms with Gasteiger partial charge in [0.2, 0.25) is 0 Å². The quantitative estimate of drug-likeness (QED) is 0.715. The molecule has 0 heterocycles. The summed E-state index contributed by atoms with van der Waals surface area (Å²) in [5.41, 5.74) is 2.81. The zero-order chi connectivity index (χ0) is 14.4. The van der Waals surface area contributed by atoms with Gasteiger partial charge >= 0.3 is 5.97 Å². The Kier molecular flexibility index (Phi) is 5.63. The second-order valence-electron chi connectivity index (χ2n) is 5.80. The highest BCUT2D eigenvalue weighted by atomic mass is 16.5. The van der Waals surface area contributed by atoms with Crippen molar-refractivity contribution in [3.8, 4) is 0 Å². The fourth-order valence-corrected chi connectivity index (χ4v) is 3.10. The van der Waals surface area contributed by atoms with Gasteiger partial charge in [0.15, 0.2) is 0 Å². The fourth-order valence-electron chi connectivity index (χ4n) is 3.10. The van der Waals surface area contributed by atoms with Crippen LogP contribution >= 0.6 is 0 Å². The first kappa shape index (κ1) is 15.1. The minimum atomic E-state index is -0.00503. The van der Waals surface area contributed by atoms with E-state index in [0.717, 1.165) is 19.3 Å². The van der Waals surface area contributed by atoms with Crippen molar-refractivity contribution < 1.29 is 9.53 Å². The van der Waals surface area contributed by atoms with Crippen LogP contribution in [0.15, 0.2) is 24.3 Å². The molecule has 0 amide bonds. The number of carbonyl (C=O) groups is 1. The molecule has 1 fully saturated rings. The lowest BCUT2D eigenvalue weighted by Crippen LogP contribution is -2.14. The lowest BCUT2D eigenvalue weighted by Gasteiger charge is -2.12. The van der Waals surface area contributed by atoms with Crippen LogP contribution in [0.1, 0.15) is 63.0 Å². The predicted octanol–water partition coefficient (Wildman–Crippen LogP) is 4.48. The van der Waals surface area contributed by atoms with Gasteiger partial charge in [-0.25, -0.2) is 0 Å². The average molecular weight is 274 g/mol. The average Bonchev–Trinajstić information content (AvgIpc) is 2.96. The van der Waals surface area contributed by atoms with Gasteiger partial charge in [-0.15, -0.1) is 0 Å². The van der Waals surface area contributed by atoms with E-state index in [1.807, 2.05) is 6.92 Å². The van der Waals surface area contributed by atoms with Crippen molar-refractivity contribution in [3.63, 3.8) is 0 Å². The van der Waals surface area contributed by atoms with Crippen LogP contribution in [0.2, 0.25) is 0 Å². The molecule has 1 aliphatic carbocycles. The van der Waals surface area contributed by atoms with Crippen molar-refractivity contribution in [1.29, 1.82) is 0 Å². The van der Waals surface area contributed by atoms with Gasteiger partial charge in [-0.2, -0.15) is 0 Å². The third-order valence-electron chi connectivity index (χ3n) is 4.32. The molecule has 0 aliphatic heterocycles. The normalized spacial score (nSPS) is 21.9. The number of hydrogen-bond donors (Lipinski definition) is 0. The molecule has 0 bridgehead atoms. The van der Waals surface area contributed by atoms with E-state index in [0.29, 0.717) is 12.5 Å². The summed E-state index contributed by atoms with van der Waals surface area (Å²) in [6.07, 6.45) is 6.71. The highest BCUT2D eigenvalue weighted by Gasteiger charge is 2.31. The molecule has 2 heteroatoms. The molecule has 1 saturated carbocycles. The summed E-state index contributed by atoms with van der Waals surface area (Å²) in [7, 11) is 0. The Hall–Kier alpha value is -1.31. The summed E-state index contributed by atoms with van der Waals surface area (Å²) in [6.45, 7) is 4.59. The summed E-state index contributed by atoms with van der Waals surface area (Å²) in [6, 6.07) is 9.01. The van der Waals surface area contributed by atoms with Gasteiger partial charge in [0.05, 0.1) is 12.5 Å². The summed E-state index contributed by atoms with van der Waals surface area (Å²) >= 11 is 0.